The van der Waals surface area contributed by atoms with Gasteiger partial charge in [0.25, 0.3) is 5.91 Å². The molecule has 1 aromatic heterocycles. The molecule has 5 nitrogen and oxygen atoms in total. The van der Waals surface area contributed by atoms with Crippen LogP contribution < -0.4 is 0 Å². The average molecular weight is 254 g/mol. The molecule has 1 atom stereocenters. The highest BCUT2D eigenvalue weighted by molar-refractivity contribution is 5.92. The maximum atomic E-state index is 12.3. The van der Waals surface area contributed by atoms with Gasteiger partial charge < -0.3 is 14.2 Å². The predicted octanol–water partition coefficient (Wildman–Crippen LogP) is 2.33. The van der Waals surface area contributed by atoms with Gasteiger partial charge in [0.15, 0.2) is 11.5 Å². The van der Waals surface area contributed by atoms with E-state index >= 15 is 0 Å². The summed E-state index contributed by atoms with van der Waals surface area (Å²) in [5.74, 6) is 0.873. The van der Waals surface area contributed by atoms with Crippen molar-refractivity contribution in [1.29, 1.82) is 0 Å². The predicted molar refractivity (Wildman–Crippen MR) is 68.2 cm³/mol. The quantitative estimate of drug-likeness (QED) is 0.781. The first-order chi connectivity index (χ1) is 8.51. The molecule has 0 aliphatic heterocycles. The van der Waals surface area contributed by atoms with Gasteiger partial charge in [0, 0.05) is 25.8 Å². The molecular formula is C13H22N2O3. The summed E-state index contributed by atoms with van der Waals surface area (Å²) in [6.45, 7) is 9.19. The van der Waals surface area contributed by atoms with Gasteiger partial charge in [0.1, 0.15) is 6.61 Å². The van der Waals surface area contributed by atoms with Crippen molar-refractivity contribution < 1.29 is 14.1 Å². The third-order valence-electron chi connectivity index (χ3n) is 3.12. The molecule has 0 bridgehead atoms. The number of carbonyl (C=O) groups excluding carboxylic acids is 1. The second-order valence-electron chi connectivity index (χ2n) is 4.69. The molecule has 0 aliphatic carbocycles. The topological polar surface area (TPSA) is 55.6 Å². The van der Waals surface area contributed by atoms with Gasteiger partial charge in [-0.1, -0.05) is 19.0 Å². The molecule has 1 rings (SSSR count). The highest BCUT2D eigenvalue weighted by atomic mass is 16.5. The smallest absolute Gasteiger partial charge is 0.276 e. The van der Waals surface area contributed by atoms with Gasteiger partial charge in [-0.15, -0.1) is 0 Å². The first-order valence-corrected chi connectivity index (χ1v) is 6.26. The Balaban J connectivity index is 2.82. The van der Waals surface area contributed by atoms with E-state index < -0.39 is 0 Å². The maximum absolute atomic E-state index is 12.3. The molecule has 0 spiro atoms. The summed E-state index contributed by atoms with van der Waals surface area (Å²) in [6, 6.07) is 1.81. The number of nitrogens with zero attached hydrogens (tertiary/aromatic N) is 2. The Morgan fingerprint density at radius 3 is 2.67 bits per heavy atom. The molecule has 0 fully saturated rings. The summed E-state index contributed by atoms with van der Waals surface area (Å²) in [5.41, 5.74) is 0.344. The van der Waals surface area contributed by atoms with Crippen LogP contribution in [0.5, 0.6) is 0 Å². The summed E-state index contributed by atoms with van der Waals surface area (Å²) in [6.07, 6.45) is 0. The lowest BCUT2D eigenvalue weighted by molar-refractivity contribution is 0.0649. The maximum Gasteiger partial charge on any atom is 0.276 e. The molecule has 0 aromatic carbocycles. The third-order valence-corrected chi connectivity index (χ3v) is 3.12. The summed E-state index contributed by atoms with van der Waals surface area (Å²) < 4.78 is 9.97. The van der Waals surface area contributed by atoms with Gasteiger partial charge in [-0.05, 0) is 19.8 Å². The third kappa shape index (κ3) is 3.32. The minimum Gasteiger partial charge on any atom is -0.377 e. The molecular weight excluding hydrogens is 232 g/mol. The van der Waals surface area contributed by atoms with Crippen LogP contribution >= 0.6 is 0 Å². The zero-order chi connectivity index (χ0) is 13.7. The monoisotopic (exact) mass is 254 g/mol. The summed E-state index contributed by atoms with van der Waals surface area (Å²) in [4.78, 5) is 14.1. The van der Waals surface area contributed by atoms with E-state index in [1.165, 1.54) is 0 Å². The Labute approximate surface area is 108 Å². The van der Waals surface area contributed by atoms with Crippen molar-refractivity contribution in [2.75, 3.05) is 13.7 Å². The minimum atomic E-state index is -0.0928. The van der Waals surface area contributed by atoms with Crippen LogP contribution in [-0.2, 0) is 11.3 Å². The van der Waals surface area contributed by atoms with Crippen molar-refractivity contribution in [3.8, 4) is 0 Å². The van der Waals surface area contributed by atoms with Crippen molar-refractivity contribution >= 4 is 5.91 Å². The van der Waals surface area contributed by atoms with Gasteiger partial charge >= 0.3 is 0 Å². The van der Waals surface area contributed by atoms with Crippen LogP contribution in [0.4, 0.5) is 0 Å². The zero-order valence-electron chi connectivity index (χ0n) is 11.8. The zero-order valence-corrected chi connectivity index (χ0v) is 11.8. The standard InChI is InChI=1S/C13H22N2O3/c1-6-15(10(4)9(2)3)13(16)12-7-11(8-17-5)18-14-12/h7,9-10H,6,8H2,1-5H3. The first-order valence-electron chi connectivity index (χ1n) is 6.26. The van der Waals surface area contributed by atoms with Gasteiger partial charge in [0.2, 0.25) is 0 Å². The highest BCUT2D eigenvalue weighted by Crippen LogP contribution is 2.14. The second kappa shape index (κ2) is 6.54. The molecule has 18 heavy (non-hydrogen) atoms. The molecule has 5 heteroatoms. The Morgan fingerprint density at radius 2 is 2.17 bits per heavy atom. The van der Waals surface area contributed by atoms with E-state index in [4.69, 9.17) is 9.26 Å². The molecule has 0 radical (unpaired) electrons. The summed E-state index contributed by atoms with van der Waals surface area (Å²) in [7, 11) is 1.57. The van der Waals surface area contributed by atoms with Gasteiger partial charge in [-0.3, -0.25) is 4.79 Å². The number of methoxy groups -OCH3 is 1. The normalized spacial score (nSPS) is 12.8. The lowest BCUT2D eigenvalue weighted by atomic mass is 10.0. The Bertz CT molecular complexity index is 387. The van der Waals surface area contributed by atoms with Crippen molar-refractivity contribution in [2.45, 2.75) is 40.3 Å². The molecule has 0 aliphatic rings. The minimum absolute atomic E-state index is 0.0928. The molecule has 102 valence electrons. The number of ether oxygens (including phenoxy) is 1. The van der Waals surface area contributed by atoms with E-state index in [-0.39, 0.29) is 11.9 Å². The van der Waals surface area contributed by atoms with E-state index in [0.29, 0.717) is 30.5 Å². The SMILES string of the molecule is CCN(C(=O)c1cc(COC)on1)C(C)C(C)C. The summed E-state index contributed by atoms with van der Waals surface area (Å²) in [5, 5.41) is 3.80. The molecule has 0 N–H and O–H groups in total. The Hall–Kier alpha value is -1.36. The van der Waals surface area contributed by atoms with Crippen LogP contribution in [-0.4, -0.2) is 35.7 Å². The number of amides is 1. The molecule has 1 heterocycles. The van der Waals surface area contributed by atoms with Crippen LogP contribution in [0.25, 0.3) is 0 Å². The summed E-state index contributed by atoms with van der Waals surface area (Å²) >= 11 is 0. The lowest BCUT2D eigenvalue weighted by Gasteiger charge is -2.30. The lowest BCUT2D eigenvalue weighted by Crippen LogP contribution is -2.41. The highest BCUT2D eigenvalue weighted by Gasteiger charge is 2.24. The number of hydrogen-bond acceptors (Lipinski definition) is 4. The van der Waals surface area contributed by atoms with E-state index in [0.717, 1.165) is 0 Å². The number of aromatic nitrogens is 1. The molecule has 1 amide bonds. The van der Waals surface area contributed by atoms with Gasteiger partial charge in [-0.2, -0.15) is 0 Å². The van der Waals surface area contributed by atoms with Crippen molar-refractivity contribution in [3.63, 3.8) is 0 Å². The Morgan fingerprint density at radius 1 is 1.50 bits per heavy atom. The fourth-order valence-corrected chi connectivity index (χ4v) is 1.75. The van der Waals surface area contributed by atoms with E-state index in [2.05, 4.69) is 19.0 Å². The number of rotatable bonds is 6. The van der Waals surface area contributed by atoms with Crippen molar-refractivity contribution in [3.05, 3.63) is 17.5 Å². The van der Waals surface area contributed by atoms with Crippen LogP contribution in [0, 0.1) is 5.92 Å². The largest absolute Gasteiger partial charge is 0.377 e. The first kappa shape index (κ1) is 14.7. The van der Waals surface area contributed by atoms with Crippen LogP contribution in [0.15, 0.2) is 10.6 Å². The van der Waals surface area contributed by atoms with Crippen LogP contribution in [0.2, 0.25) is 0 Å². The van der Waals surface area contributed by atoms with E-state index in [9.17, 15) is 4.79 Å². The fourth-order valence-electron chi connectivity index (χ4n) is 1.75. The molecule has 1 unspecified atom stereocenters. The van der Waals surface area contributed by atoms with Crippen molar-refractivity contribution in [2.24, 2.45) is 5.92 Å². The van der Waals surface area contributed by atoms with E-state index in [1.54, 1.807) is 18.1 Å². The Kier molecular flexibility index (Phi) is 5.34. The molecule has 0 saturated carbocycles. The van der Waals surface area contributed by atoms with Gasteiger partial charge in [-0.25, -0.2) is 0 Å². The van der Waals surface area contributed by atoms with Crippen LogP contribution in [0.1, 0.15) is 43.9 Å². The van der Waals surface area contributed by atoms with Crippen LogP contribution in [0.3, 0.4) is 0 Å². The van der Waals surface area contributed by atoms with Crippen molar-refractivity contribution in [1.82, 2.24) is 10.1 Å². The molecule has 0 saturated heterocycles. The van der Waals surface area contributed by atoms with E-state index in [1.807, 2.05) is 13.8 Å². The number of carbonyl (C=O) groups is 1. The van der Waals surface area contributed by atoms with Gasteiger partial charge in [0.05, 0.1) is 0 Å². The fraction of sp³-hybridized carbons (Fsp3) is 0.692. The molecule has 1 aromatic rings. The average Bonchev–Trinajstić information content (AvgIpc) is 2.78. The second-order valence-corrected chi connectivity index (χ2v) is 4.69. The number of hydrogen-bond donors (Lipinski definition) is 0.